The minimum atomic E-state index is -1.01. The van der Waals surface area contributed by atoms with Crippen LogP contribution < -0.4 is 11.1 Å². The van der Waals surface area contributed by atoms with Gasteiger partial charge in [0.1, 0.15) is 6.04 Å². The van der Waals surface area contributed by atoms with Gasteiger partial charge in [0.05, 0.1) is 6.42 Å². The summed E-state index contributed by atoms with van der Waals surface area (Å²) in [5, 5.41) is 2.50. The molecule has 1 rings (SSSR count). The van der Waals surface area contributed by atoms with E-state index in [1.165, 1.54) is 6.07 Å². The quantitative estimate of drug-likeness (QED) is 0.799. The van der Waals surface area contributed by atoms with Crippen LogP contribution in [0.4, 0.5) is 8.78 Å². The normalized spacial score (nSPS) is 11.9. The summed E-state index contributed by atoms with van der Waals surface area (Å²) in [6.07, 6.45) is 1.98. The highest BCUT2D eigenvalue weighted by molar-refractivity contribution is 5.87. The van der Waals surface area contributed by atoms with Gasteiger partial charge in [-0.3, -0.25) is 9.59 Å². The van der Waals surface area contributed by atoms with Crippen molar-refractivity contribution in [2.24, 2.45) is 5.73 Å². The summed E-state index contributed by atoms with van der Waals surface area (Å²) in [6.45, 7) is 1.96. The fourth-order valence-corrected chi connectivity index (χ4v) is 1.77. The van der Waals surface area contributed by atoms with Crippen LogP contribution >= 0.6 is 0 Å². The molecule has 0 heterocycles. The molecule has 20 heavy (non-hydrogen) atoms. The second kappa shape index (κ2) is 7.57. The van der Waals surface area contributed by atoms with E-state index in [4.69, 9.17) is 5.73 Å². The molecule has 3 N–H and O–H groups in total. The molecule has 0 bridgehead atoms. The van der Waals surface area contributed by atoms with Crippen LogP contribution in [0.5, 0.6) is 0 Å². The van der Waals surface area contributed by atoms with E-state index in [2.05, 4.69) is 5.32 Å². The number of amides is 2. The van der Waals surface area contributed by atoms with Crippen LogP contribution in [0, 0.1) is 11.6 Å². The van der Waals surface area contributed by atoms with Gasteiger partial charge in [-0.1, -0.05) is 25.8 Å². The van der Waals surface area contributed by atoms with Crippen LogP contribution in [-0.2, 0) is 16.0 Å². The number of hydrogen-bond acceptors (Lipinski definition) is 2. The van der Waals surface area contributed by atoms with E-state index in [0.29, 0.717) is 12.0 Å². The molecule has 0 radical (unpaired) electrons. The fourth-order valence-electron chi connectivity index (χ4n) is 1.77. The molecule has 0 unspecified atom stereocenters. The Hall–Kier alpha value is -1.98. The largest absolute Gasteiger partial charge is 0.368 e. The second-order valence-corrected chi connectivity index (χ2v) is 4.59. The molecule has 1 atom stereocenters. The molecule has 6 heteroatoms. The monoisotopic (exact) mass is 284 g/mol. The number of hydrogen-bond donors (Lipinski definition) is 2. The molecule has 0 saturated carbocycles. The van der Waals surface area contributed by atoms with E-state index in [9.17, 15) is 18.4 Å². The van der Waals surface area contributed by atoms with Gasteiger partial charge in [-0.25, -0.2) is 8.78 Å². The summed E-state index contributed by atoms with van der Waals surface area (Å²) in [7, 11) is 0. The van der Waals surface area contributed by atoms with Crippen molar-refractivity contribution in [1.82, 2.24) is 5.32 Å². The Labute approximate surface area is 116 Å². The number of halogens is 2. The van der Waals surface area contributed by atoms with Gasteiger partial charge in [0.25, 0.3) is 0 Å². The molecule has 0 saturated heterocycles. The van der Waals surface area contributed by atoms with Gasteiger partial charge in [0.15, 0.2) is 11.6 Å². The SMILES string of the molecule is CCCC[C@@H](NC(=O)Cc1ccc(F)c(F)c1)C(N)=O. The first-order valence-corrected chi connectivity index (χ1v) is 6.46. The average Bonchev–Trinajstić information content (AvgIpc) is 2.38. The number of rotatable bonds is 7. The number of primary amides is 1. The number of benzene rings is 1. The Kier molecular flexibility index (Phi) is 6.09. The lowest BCUT2D eigenvalue weighted by Gasteiger charge is -2.15. The maximum absolute atomic E-state index is 13.0. The van der Waals surface area contributed by atoms with E-state index >= 15 is 0 Å². The van der Waals surface area contributed by atoms with Crippen molar-refractivity contribution in [3.05, 3.63) is 35.4 Å². The first kappa shape index (κ1) is 16.1. The van der Waals surface area contributed by atoms with Gasteiger partial charge < -0.3 is 11.1 Å². The topological polar surface area (TPSA) is 72.2 Å². The Morgan fingerprint density at radius 2 is 2.00 bits per heavy atom. The molecule has 2 amide bonds. The molecule has 0 spiro atoms. The first-order valence-electron chi connectivity index (χ1n) is 6.46. The third-order valence-electron chi connectivity index (χ3n) is 2.87. The van der Waals surface area contributed by atoms with Crippen molar-refractivity contribution < 1.29 is 18.4 Å². The number of unbranched alkanes of at least 4 members (excludes halogenated alkanes) is 1. The van der Waals surface area contributed by atoms with Crippen LogP contribution in [0.2, 0.25) is 0 Å². The molecule has 1 aromatic rings. The molecule has 110 valence electrons. The van der Waals surface area contributed by atoms with Crippen LogP contribution in [0.3, 0.4) is 0 Å². The zero-order valence-electron chi connectivity index (χ0n) is 11.3. The predicted octanol–water partition coefficient (Wildman–Crippen LogP) is 1.67. The molecular formula is C14H18F2N2O2. The lowest BCUT2D eigenvalue weighted by molar-refractivity contribution is -0.127. The van der Waals surface area contributed by atoms with E-state index in [1.807, 2.05) is 6.92 Å². The number of nitrogens with one attached hydrogen (secondary N) is 1. The van der Waals surface area contributed by atoms with Crippen molar-refractivity contribution in [3.63, 3.8) is 0 Å². The lowest BCUT2D eigenvalue weighted by Crippen LogP contribution is -2.44. The first-order chi connectivity index (χ1) is 9.43. The summed E-state index contributed by atoms with van der Waals surface area (Å²) in [5.74, 6) is -3.02. The van der Waals surface area contributed by atoms with Crippen molar-refractivity contribution in [2.45, 2.75) is 38.6 Å². The van der Waals surface area contributed by atoms with E-state index < -0.39 is 29.5 Å². The summed E-state index contributed by atoms with van der Waals surface area (Å²) in [4.78, 5) is 22.9. The van der Waals surface area contributed by atoms with Crippen molar-refractivity contribution in [2.75, 3.05) is 0 Å². The predicted molar refractivity (Wildman–Crippen MR) is 70.7 cm³/mol. The summed E-state index contributed by atoms with van der Waals surface area (Å²) >= 11 is 0. The maximum Gasteiger partial charge on any atom is 0.239 e. The molecule has 0 aromatic heterocycles. The lowest BCUT2D eigenvalue weighted by atomic mass is 10.1. The van der Waals surface area contributed by atoms with Crippen molar-refractivity contribution >= 4 is 11.8 Å². The Morgan fingerprint density at radius 3 is 2.55 bits per heavy atom. The summed E-state index contributed by atoms with van der Waals surface area (Å²) in [5.41, 5.74) is 5.53. The van der Waals surface area contributed by atoms with Gasteiger partial charge in [-0.2, -0.15) is 0 Å². The van der Waals surface area contributed by atoms with Crippen LogP contribution in [0.25, 0.3) is 0 Å². The van der Waals surface area contributed by atoms with Crippen LogP contribution in [0.15, 0.2) is 18.2 Å². The Morgan fingerprint density at radius 1 is 1.30 bits per heavy atom. The standard InChI is InChI=1S/C14H18F2N2O2/c1-2-3-4-12(14(17)20)18-13(19)8-9-5-6-10(15)11(16)7-9/h5-7,12H,2-4,8H2,1H3,(H2,17,20)(H,18,19)/t12-/m1/s1. The minimum Gasteiger partial charge on any atom is -0.368 e. The molecule has 0 aliphatic carbocycles. The van der Waals surface area contributed by atoms with Gasteiger partial charge in [0, 0.05) is 0 Å². The van der Waals surface area contributed by atoms with Gasteiger partial charge in [-0.15, -0.1) is 0 Å². The van der Waals surface area contributed by atoms with E-state index in [1.54, 1.807) is 0 Å². The average molecular weight is 284 g/mol. The second-order valence-electron chi connectivity index (χ2n) is 4.59. The molecule has 4 nitrogen and oxygen atoms in total. The number of nitrogens with two attached hydrogens (primary N) is 1. The highest BCUT2D eigenvalue weighted by atomic mass is 19.2. The zero-order chi connectivity index (χ0) is 15.1. The third-order valence-corrected chi connectivity index (χ3v) is 2.87. The smallest absolute Gasteiger partial charge is 0.239 e. The Balaban J connectivity index is 2.60. The van der Waals surface area contributed by atoms with Crippen molar-refractivity contribution in [3.8, 4) is 0 Å². The Bertz CT molecular complexity index is 492. The highest BCUT2D eigenvalue weighted by Gasteiger charge is 2.17. The summed E-state index contributed by atoms with van der Waals surface area (Å²) in [6, 6.07) is 2.51. The van der Waals surface area contributed by atoms with Gasteiger partial charge >= 0.3 is 0 Å². The molecule has 1 aromatic carbocycles. The molecular weight excluding hydrogens is 266 g/mol. The van der Waals surface area contributed by atoms with E-state index in [-0.39, 0.29) is 6.42 Å². The molecule has 0 aliphatic heterocycles. The van der Waals surface area contributed by atoms with Crippen molar-refractivity contribution in [1.29, 1.82) is 0 Å². The fraction of sp³-hybridized carbons (Fsp3) is 0.429. The van der Waals surface area contributed by atoms with Crippen LogP contribution in [-0.4, -0.2) is 17.9 Å². The number of carbonyl (C=O) groups is 2. The highest BCUT2D eigenvalue weighted by Crippen LogP contribution is 2.09. The summed E-state index contributed by atoms with van der Waals surface area (Å²) < 4.78 is 25.8. The van der Waals surface area contributed by atoms with Gasteiger partial charge in [0.2, 0.25) is 11.8 Å². The third kappa shape index (κ3) is 4.95. The molecule has 0 aliphatic rings. The zero-order valence-corrected chi connectivity index (χ0v) is 11.3. The molecule has 0 fully saturated rings. The van der Waals surface area contributed by atoms with Crippen LogP contribution in [0.1, 0.15) is 31.7 Å². The number of carbonyl (C=O) groups excluding carboxylic acids is 2. The minimum absolute atomic E-state index is 0.132. The van der Waals surface area contributed by atoms with E-state index in [0.717, 1.165) is 25.0 Å². The van der Waals surface area contributed by atoms with Gasteiger partial charge in [-0.05, 0) is 24.1 Å². The maximum atomic E-state index is 13.0.